The Kier molecular flexibility index (Phi) is 4.74. The number of primary amides is 1. The fraction of sp³-hybridized carbons (Fsp3) is 0.385. The Bertz CT molecular complexity index is 483. The van der Waals surface area contributed by atoms with Gasteiger partial charge in [-0.3, -0.25) is 4.79 Å². The van der Waals surface area contributed by atoms with Gasteiger partial charge in [0.25, 0.3) is 0 Å². The summed E-state index contributed by atoms with van der Waals surface area (Å²) >= 11 is 0. The van der Waals surface area contributed by atoms with Gasteiger partial charge in [0.2, 0.25) is 5.91 Å². The number of carbonyl (C=O) groups is 1. The molecule has 6 heteroatoms. The Morgan fingerprint density at radius 3 is 2.68 bits per heavy atom. The highest BCUT2D eigenvalue weighted by Gasteiger charge is 2.22. The Morgan fingerprint density at radius 2 is 2.11 bits per heavy atom. The first-order valence-electron chi connectivity index (χ1n) is 5.98. The summed E-state index contributed by atoms with van der Waals surface area (Å²) in [5.74, 6) is -0.263. The number of rotatable bonds is 6. The molecule has 0 aliphatic heterocycles. The number of hydrogen-bond donors (Lipinski definition) is 4. The van der Waals surface area contributed by atoms with Crippen molar-refractivity contribution in [3.63, 3.8) is 0 Å². The van der Waals surface area contributed by atoms with E-state index >= 15 is 0 Å². The van der Waals surface area contributed by atoms with Gasteiger partial charge in [0.05, 0.1) is 0 Å². The second-order valence-corrected chi connectivity index (χ2v) is 4.99. The number of amides is 1. The molecule has 0 aliphatic rings. The average molecular weight is 264 g/mol. The van der Waals surface area contributed by atoms with Crippen LogP contribution in [0.25, 0.3) is 0 Å². The van der Waals surface area contributed by atoms with Gasteiger partial charge in [-0.15, -0.1) is 0 Å². The van der Waals surface area contributed by atoms with Gasteiger partial charge in [-0.1, -0.05) is 25.1 Å². The van der Waals surface area contributed by atoms with Crippen LogP contribution in [-0.4, -0.2) is 23.5 Å². The summed E-state index contributed by atoms with van der Waals surface area (Å²) in [6, 6.07) is 6.97. The van der Waals surface area contributed by atoms with Crippen LogP contribution in [-0.2, 0) is 0 Å². The number of hydrogen-bond acceptors (Lipinski definition) is 4. The zero-order chi connectivity index (χ0) is 14.5. The molecule has 0 aromatic heterocycles. The lowest BCUT2D eigenvalue weighted by Gasteiger charge is -2.23. The van der Waals surface area contributed by atoms with E-state index in [0.29, 0.717) is 18.5 Å². The van der Waals surface area contributed by atoms with Gasteiger partial charge < -0.3 is 22.0 Å². The van der Waals surface area contributed by atoms with Gasteiger partial charge in [-0.2, -0.15) is 0 Å². The van der Waals surface area contributed by atoms with Crippen LogP contribution in [0.5, 0.6) is 0 Å². The summed E-state index contributed by atoms with van der Waals surface area (Å²) in [6.45, 7) is 4.42. The van der Waals surface area contributed by atoms with E-state index in [9.17, 15) is 4.79 Å². The predicted molar refractivity (Wildman–Crippen MR) is 75.3 cm³/mol. The molecule has 0 spiro atoms. The number of amidine groups is 1. The minimum absolute atomic E-state index is 0.195. The van der Waals surface area contributed by atoms with Crippen LogP contribution in [0, 0.1) is 5.41 Å². The molecule has 0 atom stereocenters. The molecule has 0 bridgehead atoms. The van der Waals surface area contributed by atoms with Gasteiger partial charge in [0.1, 0.15) is 5.84 Å². The third kappa shape index (κ3) is 4.17. The number of anilines is 1. The molecule has 19 heavy (non-hydrogen) atoms. The molecule has 0 radical (unpaired) electrons. The second kappa shape index (κ2) is 6.08. The van der Waals surface area contributed by atoms with E-state index in [0.717, 1.165) is 5.69 Å². The van der Waals surface area contributed by atoms with Crippen LogP contribution in [0.3, 0.4) is 0 Å². The van der Waals surface area contributed by atoms with Gasteiger partial charge >= 0.3 is 0 Å². The van der Waals surface area contributed by atoms with E-state index in [1.807, 2.05) is 19.9 Å². The molecule has 1 rings (SSSR count). The maximum absolute atomic E-state index is 11.0. The van der Waals surface area contributed by atoms with Crippen molar-refractivity contribution in [2.45, 2.75) is 20.3 Å². The third-order valence-corrected chi connectivity index (χ3v) is 3.03. The van der Waals surface area contributed by atoms with E-state index < -0.39 is 11.3 Å². The molecule has 0 saturated heterocycles. The van der Waals surface area contributed by atoms with Gasteiger partial charge in [0, 0.05) is 23.2 Å². The number of nitrogens with two attached hydrogens (primary N) is 2. The number of carbonyl (C=O) groups excluding carboxylic acids is 1. The normalized spacial score (nSPS) is 12.2. The first kappa shape index (κ1) is 14.8. The van der Waals surface area contributed by atoms with E-state index in [1.165, 1.54) is 0 Å². The second-order valence-electron chi connectivity index (χ2n) is 4.99. The maximum Gasteiger partial charge on any atom is 0.248 e. The van der Waals surface area contributed by atoms with E-state index in [4.69, 9.17) is 16.7 Å². The summed E-state index contributed by atoms with van der Waals surface area (Å²) in [7, 11) is 0. The molecule has 1 aromatic carbocycles. The molecule has 0 aliphatic carbocycles. The first-order valence-corrected chi connectivity index (χ1v) is 5.98. The monoisotopic (exact) mass is 264 g/mol. The van der Waals surface area contributed by atoms with Crippen molar-refractivity contribution in [1.82, 2.24) is 0 Å². The quantitative estimate of drug-likeness (QED) is 0.269. The molecular formula is C13H20N4O2. The van der Waals surface area contributed by atoms with Crippen LogP contribution in [0.1, 0.15) is 30.6 Å². The summed E-state index contributed by atoms with van der Waals surface area (Å²) in [4.78, 5) is 11.0. The lowest BCUT2D eigenvalue weighted by molar-refractivity contribution is 0.100. The molecule has 1 aromatic rings. The number of nitrogens with one attached hydrogen (secondary N) is 1. The standard InChI is InChI=1S/C13H20N4O2/c1-13(2,12(15)17-19)6-7-16-10-5-3-4-9(8-10)11(14)18/h3-5,8,16,19H,6-7H2,1-2H3,(H2,14,18)(H2,15,17). The fourth-order valence-corrected chi connectivity index (χ4v) is 1.57. The molecule has 104 valence electrons. The van der Waals surface area contributed by atoms with Crippen LogP contribution in [0.4, 0.5) is 5.69 Å². The lowest BCUT2D eigenvalue weighted by Crippen LogP contribution is -2.33. The number of benzene rings is 1. The summed E-state index contributed by atoms with van der Waals surface area (Å²) in [5, 5.41) is 14.9. The van der Waals surface area contributed by atoms with Crippen molar-refractivity contribution in [3.8, 4) is 0 Å². The molecule has 1 amide bonds. The number of nitrogens with zero attached hydrogens (tertiary/aromatic N) is 1. The molecule has 0 fully saturated rings. The Morgan fingerprint density at radius 1 is 1.42 bits per heavy atom. The van der Waals surface area contributed by atoms with Crippen LogP contribution in [0.2, 0.25) is 0 Å². The van der Waals surface area contributed by atoms with Crippen LogP contribution < -0.4 is 16.8 Å². The summed E-state index contributed by atoms with van der Waals surface area (Å²) in [6.07, 6.45) is 0.684. The van der Waals surface area contributed by atoms with E-state index in [1.54, 1.807) is 18.2 Å². The third-order valence-electron chi connectivity index (χ3n) is 3.03. The molecular weight excluding hydrogens is 244 g/mol. The Hall–Kier alpha value is -2.24. The molecule has 0 heterocycles. The minimum Gasteiger partial charge on any atom is -0.409 e. The van der Waals surface area contributed by atoms with E-state index in [2.05, 4.69) is 10.5 Å². The predicted octanol–water partition coefficient (Wildman–Crippen LogP) is 1.36. The molecule has 0 saturated carbocycles. The number of oxime groups is 1. The van der Waals surface area contributed by atoms with E-state index in [-0.39, 0.29) is 5.84 Å². The van der Waals surface area contributed by atoms with Crippen molar-refractivity contribution in [1.29, 1.82) is 0 Å². The zero-order valence-corrected chi connectivity index (χ0v) is 11.2. The first-order chi connectivity index (χ1) is 8.86. The van der Waals surface area contributed by atoms with Crippen LogP contribution in [0.15, 0.2) is 29.4 Å². The average Bonchev–Trinajstić information content (AvgIpc) is 2.37. The smallest absolute Gasteiger partial charge is 0.248 e. The summed E-state index contributed by atoms with van der Waals surface area (Å²) in [5.41, 5.74) is 11.7. The highest BCUT2D eigenvalue weighted by Crippen LogP contribution is 2.20. The topological polar surface area (TPSA) is 114 Å². The highest BCUT2D eigenvalue weighted by atomic mass is 16.4. The van der Waals surface area contributed by atoms with Crippen molar-refractivity contribution in [3.05, 3.63) is 29.8 Å². The zero-order valence-electron chi connectivity index (χ0n) is 11.2. The molecule has 6 nitrogen and oxygen atoms in total. The van der Waals surface area contributed by atoms with Crippen molar-refractivity contribution >= 4 is 17.4 Å². The van der Waals surface area contributed by atoms with Crippen LogP contribution >= 0.6 is 0 Å². The largest absolute Gasteiger partial charge is 0.409 e. The minimum atomic E-state index is -0.458. The SMILES string of the molecule is CC(C)(CCNc1cccc(C(N)=O)c1)/C(N)=N/O. The fourth-order valence-electron chi connectivity index (χ4n) is 1.57. The molecule has 0 unspecified atom stereocenters. The van der Waals surface area contributed by atoms with Crippen molar-refractivity contribution in [2.24, 2.45) is 22.0 Å². The van der Waals surface area contributed by atoms with Gasteiger partial charge in [-0.25, -0.2) is 0 Å². The van der Waals surface area contributed by atoms with Gasteiger partial charge in [0.15, 0.2) is 0 Å². The Balaban J connectivity index is 2.59. The van der Waals surface area contributed by atoms with Gasteiger partial charge in [-0.05, 0) is 24.6 Å². The maximum atomic E-state index is 11.0. The van der Waals surface area contributed by atoms with Crippen molar-refractivity contribution < 1.29 is 10.0 Å². The highest BCUT2D eigenvalue weighted by molar-refractivity contribution is 5.93. The summed E-state index contributed by atoms with van der Waals surface area (Å²) < 4.78 is 0. The van der Waals surface area contributed by atoms with Crippen molar-refractivity contribution in [2.75, 3.05) is 11.9 Å². The molecule has 6 N–H and O–H groups in total. The lowest BCUT2D eigenvalue weighted by atomic mass is 9.88. The Labute approximate surface area is 112 Å².